The van der Waals surface area contributed by atoms with Crippen molar-refractivity contribution in [2.24, 2.45) is 17.3 Å². The van der Waals surface area contributed by atoms with Crippen molar-refractivity contribution >= 4 is 11.8 Å². The van der Waals surface area contributed by atoms with Crippen molar-refractivity contribution in [2.45, 2.75) is 32.6 Å². The Kier molecular flexibility index (Phi) is 4.93. The van der Waals surface area contributed by atoms with E-state index in [2.05, 4.69) is 5.32 Å². The maximum atomic E-state index is 14.3. The maximum absolute atomic E-state index is 14.3. The number of nitrogens with zero attached hydrogens (tertiary/aromatic N) is 1. The Bertz CT molecular complexity index is 721. The largest absolute Gasteiger partial charge is 0.381 e. The highest BCUT2D eigenvalue weighted by Crippen LogP contribution is 2.45. The third-order valence-corrected chi connectivity index (χ3v) is 6.44. The Hall–Kier alpha value is -1.95. The normalized spacial score (nSPS) is 24.2. The van der Waals surface area contributed by atoms with Crippen LogP contribution < -0.4 is 5.32 Å². The topological polar surface area (TPSA) is 58.6 Å². The number of hydrogen-bond acceptors (Lipinski definition) is 3. The Morgan fingerprint density at radius 3 is 2.70 bits per heavy atom. The van der Waals surface area contributed by atoms with Crippen molar-refractivity contribution in [3.05, 3.63) is 35.1 Å². The summed E-state index contributed by atoms with van der Waals surface area (Å²) in [5.74, 6) is -0.419. The molecule has 1 N–H and O–H groups in total. The minimum absolute atomic E-state index is 0.0318. The fourth-order valence-electron chi connectivity index (χ4n) is 4.52. The van der Waals surface area contributed by atoms with Crippen LogP contribution in [0.2, 0.25) is 0 Å². The summed E-state index contributed by atoms with van der Waals surface area (Å²) in [6.07, 6.45) is 3.88. The Balaban J connectivity index is 1.56. The molecule has 5 nitrogen and oxygen atoms in total. The first-order valence-corrected chi connectivity index (χ1v) is 9.90. The number of ether oxygens (including phenoxy) is 1. The van der Waals surface area contributed by atoms with Crippen molar-refractivity contribution in [1.82, 2.24) is 10.2 Å². The molecule has 1 spiro atoms. The van der Waals surface area contributed by atoms with Crippen LogP contribution in [0, 0.1) is 30.0 Å². The van der Waals surface area contributed by atoms with E-state index in [1.807, 2.05) is 0 Å². The number of carbonyl (C=O) groups is 2. The molecule has 1 aliphatic carbocycles. The zero-order chi connectivity index (χ0) is 19.0. The average molecular weight is 374 g/mol. The predicted octanol–water partition coefficient (Wildman–Crippen LogP) is 2.53. The van der Waals surface area contributed by atoms with Crippen LogP contribution in [-0.4, -0.2) is 49.6 Å². The second-order valence-electron chi connectivity index (χ2n) is 8.33. The molecule has 2 amide bonds. The summed E-state index contributed by atoms with van der Waals surface area (Å²) in [6.45, 7) is 4.52. The van der Waals surface area contributed by atoms with E-state index in [-0.39, 0.29) is 28.7 Å². The van der Waals surface area contributed by atoms with E-state index >= 15 is 0 Å². The van der Waals surface area contributed by atoms with Crippen molar-refractivity contribution in [3.63, 3.8) is 0 Å². The third-order valence-electron chi connectivity index (χ3n) is 6.44. The van der Waals surface area contributed by atoms with Gasteiger partial charge in [0, 0.05) is 38.3 Å². The van der Waals surface area contributed by atoms with Crippen LogP contribution in [-0.2, 0) is 9.53 Å². The van der Waals surface area contributed by atoms with E-state index in [4.69, 9.17) is 4.74 Å². The van der Waals surface area contributed by atoms with Crippen molar-refractivity contribution in [1.29, 1.82) is 0 Å². The zero-order valence-corrected chi connectivity index (χ0v) is 15.8. The minimum atomic E-state index is -0.498. The smallest absolute Gasteiger partial charge is 0.257 e. The lowest BCUT2D eigenvalue weighted by Crippen LogP contribution is -2.44. The summed E-state index contributed by atoms with van der Waals surface area (Å²) < 4.78 is 19.8. The SMILES string of the molecule is Cc1cccc(F)c1C(=O)N1CC(C(=O)NCC2CC2)C2(CCOCC2)C1. The van der Waals surface area contributed by atoms with Crippen LogP contribution in [0.5, 0.6) is 0 Å². The standard InChI is InChI=1S/C21H27FN2O3/c1-14-3-2-4-17(22)18(14)20(26)24-12-16(19(25)23-11-15-5-6-15)21(13-24)7-9-27-10-8-21/h2-4,15-16H,5-13H2,1H3,(H,23,25). The van der Waals surface area contributed by atoms with Crippen LogP contribution in [0.1, 0.15) is 41.6 Å². The van der Waals surface area contributed by atoms with E-state index < -0.39 is 5.82 Å². The fraction of sp³-hybridized carbons (Fsp3) is 0.619. The van der Waals surface area contributed by atoms with Gasteiger partial charge in [-0.2, -0.15) is 0 Å². The molecular formula is C21H27FN2O3. The highest BCUT2D eigenvalue weighted by atomic mass is 19.1. The number of benzene rings is 1. The van der Waals surface area contributed by atoms with Crippen molar-refractivity contribution in [2.75, 3.05) is 32.8 Å². The van der Waals surface area contributed by atoms with Gasteiger partial charge >= 0.3 is 0 Å². The van der Waals surface area contributed by atoms with Gasteiger partial charge < -0.3 is 15.0 Å². The predicted molar refractivity (Wildman–Crippen MR) is 98.8 cm³/mol. The number of rotatable bonds is 4. The first-order chi connectivity index (χ1) is 13.0. The summed E-state index contributed by atoms with van der Waals surface area (Å²) in [6, 6.07) is 4.68. The van der Waals surface area contributed by atoms with Gasteiger partial charge in [-0.1, -0.05) is 12.1 Å². The van der Waals surface area contributed by atoms with Crippen molar-refractivity contribution in [3.8, 4) is 0 Å². The molecule has 2 aliphatic heterocycles. The zero-order valence-electron chi connectivity index (χ0n) is 15.8. The van der Waals surface area contributed by atoms with E-state index in [9.17, 15) is 14.0 Å². The summed E-state index contributed by atoms with van der Waals surface area (Å²) in [4.78, 5) is 27.7. The van der Waals surface area contributed by atoms with E-state index in [1.165, 1.54) is 18.9 Å². The molecule has 1 aromatic rings. The molecule has 0 radical (unpaired) electrons. The van der Waals surface area contributed by atoms with Crippen molar-refractivity contribution < 1.29 is 18.7 Å². The molecule has 1 aromatic carbocycles. The summed E-state index contributed by atoms with van der Waals surface area (Å²) in [5, 5.41) is 3.09. The van der Waals surface area contributed by atoms with E-state index in [0.29, 0.717) is 37.8 Å². The van der Waals surface area contributed by atoms with Gasteiger partial charge in [0.2, 0.25) is 5.91 Å². The van der Waals surface area contributed by atoms with Gasteiger partial charge in [0.25, 0.3) is 5.91 Å². The van der Waals surface area contributed by atoms with E-state index in [1.54, 1.807) is 24.0 Å². The molecule has 27 heavy (non-hydrogen) atoms. The molecule has 3 fully saturated rings. The third kappa shape index (κ3) is 3.59. The van der Waals surface area contributed by atoms with Crippen LogP contribution in [0.3, 0.4) is 0 Å². The Labute approximate surface area is 159 Å². The van der Waals surface area contributed by atoms with Gasteiger partial charge in [-0.15, -0.1) is 0 Å². The molecule has 6 heteroatoms. The van der Waals surface area contributed by atoms with Gasteiger partial charge in [0.15, 0.2) is 0 Å². The van der Waals surface area contributed by atoms with Crippen LogP contribution in [0.25, 0.3) is 0 Å². The number of likely N-dealkylation sites (tertiary alicyclic amines) is 1. The molecule has 2 heterocycles. The molecule has 0 bridgehead atoms. The molecule has 0 aromatic heterocycles. The first-order valence-electron chi connectivity index (χ1n) is 9.90. The number of hydrogen-bond donors (Lipinski definition) is 1. The second kappa shape index (κ2) is 7.23. The van der Waals surface area contributed by atoms with Gasteiger partial charge in [0.1, 0.15) is 5.82 Å². The molecule has 1 saturated carbocycles. The van der Waals surface area contributed by atoms with Gasteiger partial charge in [-0.05, 0) is 50.2 Å². The van der Waals surface area contributed by atoms with Crippen LogP contribution in [0.4, 0.5) is 4.39 Å². The minimum Gasteiger partial charge on any atom is -0.381 e. The highest BCUT2D eigenvalue weighted by molar-refractivity contribution is 5.96. The molecule has 1 unspecified atom stereocenters. The van der Waals surface area contributed by atoms with Gasteiger partial charge in [-0.3, -0.25) is 9.59 Å². The highest BCUT2D eigenvalue weighted by Gasteiger charge is 2.52. The Morgan fingerprint density at radius 2 is 2.04 bits per heavy atom. The fourth-order valence-corrected chi connectivity index (χ4v) is 4.52. The average Bonchev–Trinajstić information content (AvgIpc) is 3.41. The van der Waals surface area contributed by atoms with Gasteiger partial charge in [-0.25, -0.2) is 4.39 Å². The summed E-state index contributed by atoms with van der Waals surface area (Å²) >= 11 is 0. The quantitative estimate of drug-likeness (QED) is 0.881. The monoisotopic (exact) mass is 374 g/mol. The molecule has 4 rings (SSSR count). The lowest BCUT2D eigenvalue weighted by molar-refractivity contribution is -0.129. The number of halogens is 1. The lowest BCUT2D eigenvalue weighted by atomic mass is 9.71. The van der Waals surface area contributed by atoms with E-state index in [0.717, 1.165) is 19.4 Å². The number of aryl methyl sites for hydroxylation is 1. The van der Waals surface area contributed by atoms with Crippen LogP contribution >= 0.6 is 0 Å². The summed E-state index contributed by atoms with van der Waals surface area (Å²) in [7, 11) is 0. The maximum Gasteiger partial charge on any atom is 0.257 e. The molecule has 3 aliphatic rings. The molecule has 1 atom stereocenters. The Morgan fingerprint density at radius 1 is 1.30 bits per heavy atom. The number of carbonyl (C=O) groups excluding carboxylic acids is 2. The van der Waals surface area contributed by atoms with Crippen LogP contribution in [0.15, 0.2) is 18.2 Å². The van der Waals surface area contributed by atoms with Gasteiger partial charge in [0.05, 0.1) is 11.5 Å². The second-order valence-corrected chi connectivity index (χ2v) is 8.33. The molecular weight excluding hydrogens is 347 g/mol. The number of amides is 2. The lowest BCUT2D eigenvalue weighted by Gasteiger charge is -2.37. The molecule has 2 saturated heterocycles. The first kappa shape index (κ1) is 18.4. The number of nitrogens with one attached hydrogen (secondary N) is 1. The molecule has 146 valence electrons. The summed E-state index contributed by atoms with van der Waals surface area (Å²) in [5.41, 5.74) is 0.488.